The van der Waals surface area contributed by atoms with Crippen LogP contribution in [0.5, 0.6) is 0 Å². The van der Waals surface area contributed by atoms with Crippen LogP contribution in [0.25, 0.3) is 0 Å². The molecule has 2 rings (SSSR count). The van der Waals surface area contributed by atoms with Crippen LogP contribution in [0.15, 0.2) is 23.3 Å². The van der Waals surface area contributed by atoms with E-state index in [1.807, 2.05) is 6.92 Å². The van der Waals surface area contributed by atoms with E-state index in [1.54, 1.807) is 18.2 Å². The summed E-state index contributed by atoms with van der Waals surface area (Å²) in [5.41, 5.74) is 1.12. The first kappa shape index (κ1) is 15.8. The second-order valence-corrected chi connectivity index (χ2v) is 5.67. The van der Waals surface area contributed by atoms with Crippen molar-refractivity contribution in [2.24, 2.45) is 5.10 Å². The molecule has 0 aromatic heterocycles. The summed E-state index contributed by atoms with van der Waals surface area (Å²) in [7, 11) is 1.54. The van der Waals surface area contributed by atoms with Crippen molar-refractivity contribution < 1.29 is 9.59 Å². The minimum Gasteiger partial charge on any atom is -0.344 e. The fraction of sp³-hybridized carbons (Fsp3) is 0.357. The van der Waals surface area contributed by atoms with Gasteiger partial charge in [-0.25, -0.2) is 5.01 Å². The number of benzene rings is 1. The van der Waals surface area contributed by atoms with E-state index < -0.39 is 0 Å². The number of rotatable bonds is 3. The molecule has 0 radical (unpaired) electrons. The average molecular weight is 328 g/mol. The van der Waals surface area contributed by atoms with Crippen molar-refractivity contribution in [1.29, 1.82) is 0 Å². The van der Waals surface area contributed by atoms with E-state index in [0.717, 1.165) is 5.56 Å². The van der Waals surface area contributed by atoms with Crippen LogP contribution in [0.1, 0.15) is 31.4 Å². The molecule has 0 saturated heterocycles. The molecule has 1 unspecified atom stereocenters. The fourth-order valence-corrected chi connectivity index (χ4v) is 2.62. The van der Waals surface area contributed by atoms with Gasteiger partial charge in [-0.15, -0.1) is 0 Å². The van der Waals surface area contributed by atoms with Gasteiger partial charge in [0.1, 0.15) is 5.71 Å². The van der Waals surface area contributed by atoms with Crippen molar-refractivity contribution in [2.75, 3.05) is 7.05 Å². The highest BCUT2D eigenvalue weighted by atomic mass is 35.5. The van der Waals surface area contributed by atoms with Crippen molar-refractivity contribution in [1.82, 2.24) is 10.3 Å². The van der Waals surface area contributed by atoms with Gasteiger partial charge in [-0.3, -0.25) is 9.59 Å². The Morgan fingerprint density at radius 3 is 2.71 bits per heavy atom. The first-order valence-corrected chi connectivity index (χ1v) is 7.24. The first-order chi connectivity index (χ1) is 9.88. The highest BCUT2D eigenvalue weighted by Crippen LogP contribution is 2.26. The molecule has 1 N–H and O–H groups in total. The van der Waals surface area contributed by atoms with Gasteiger partial charge >= 0.3 is 0 Å². The summed E-state index contributed by atoms with van der Waals surface area (Å²) in [6.07, 6.45) is 0.634. The number of nitrogens with one attached hydrogen (secondary N) is 1. The van der Waals surface area contributed by atoms with E-state index in [9.17, 15) is 9.59 Å². The quantitative estimate of drug-likeness (QED) is 0.927. The van der Waals surface area contributed by atoms with Gasteiger partial charge in [0.2, 0.25) is 5.91 Å². The molecule has 1 atom stereocenters. The standard InChI is InChI=1S/C14H15Cl2N3O2/c1-8(10-4-3-9(15)7-11(10)16)17-14(21)12-5-6-13(20)19(2)18-12/h3-4,7-8H,5-6H2,1-2H3,(H,17,21). The van der Waals surface area contributed by atoms with Crippen LogP contribution in [-0.2, 0) is 9.59 Å². The lowest BCUT2D eigenvalue weighted by Gasteiger charge is -2.21. The first-order valence-electron chi connectivity index (χ1n) is 6.48. The predicted octanol–water partition coefficient (Wildman–Crippen LogP) is 2.78. The van der Waals surface area contributed by atoms with E-state index >= 15 is 0 Å². The molecule has 7 heteroatoms. The van der Waals surface area contributed by atoms with Crippen LogP contribution in [0.3, 0.4) is 0 Å². The topological polar surface area (TPSA) is 61.8 Å². The summed E-state index contributed by atoms with van der Waals surface area (Å²) in [6, 6.07) is 4.84. The molecule has 112 valence electrons. The third-order valence-corrected chi connectivity index (χ3v) is 3.81. The molecule has 0 fully saturated rings. The third kappa shape index (κ3) is 3.74. The minimum absolute atomic E-state index is 0.0969. The second-order valence-electron chi connectivity index (χ2n) is 4.83. The average Bonchev–Trinajstić information content (AvgIpc) is 2.41. The molecule has 1 aromatic carbocycles. The van der Waals surface area contributed by atoms with Gasteiger partial charge in [0.15, 0.2) is 0 Å². The van der Waals surface area contributed by atoms with Crippen molar-refractivity contribution >= 4 is 40.7 Å². The highest BCUT2D eigenvalue weighted by molar-refractivity contribution is 6.39. The van der Waals surface area contributed by atoms with E-state index in [4.69, 9.17) is 23.2 Å². The van der Waals surface area contributed by atoms with Gasteiger partial charge < -0.3 is 5.32 Å². The summed E-state index contributed by atoms with van der Waals surface area (Å²) >= 11 is 12.0. The Kier molecular flexibility index (Phi) is 4.85. The third-order valence-electron chi connectivity index (χ3n) is 3.25. The molecule has 2 amide bonds. The lowest BCUT2D eigenvalue weighted by molar-refractivity contribution is -0.130. The molecule has 0 saturated carbocycles. The molecule has 0 spiro atoms. The van der Waals surface area contributed by atoms with Crippen LogP contribution in [0, 0.1) is 0 Å². The molecule has 1 aromatic rings. The van der Waals surface area contributed by atoms with Crippen molar-refractivity contribution in [3.63, 3.8) is 0 Å². The van der Waals surface area contributed by atoms with Crippen LogP contribution < -0.4 is 5.32 Å². The van der Waals surface area contributed by atoms with E-state index in [0.29, 0.717) is 28.6 Å². The molecular weight excluding hydrogens is 313 g/mol. The van der Waals surface area contributed by atoms with E-state index in [-0.39, 0.29) is 17.9 Å². The molecule has 0 bridgehead atoms. The predicted molar refractivity (Wildman–Crippen MR) is 82.5 cm³/mol. The van der Waals surface area contributed by atoms with Gasteiger partial charge in [-0.1, -0.05) is 29.3 Å². The maximum absolute atomic E-state index is 12.2. The number of halogens is 2. The maximum Gasteiger partial charge on any atom is 0.267 e. The summed E-state index contributed by atoms with van der Waals surface area (Å²) in [5, 5.41) is 9.03. The normalized spacial score (nSPS) is 16.5. The van der Waals surface area contributed by atoms with Crippen LogP contribution in [-0.4, -0.2) is 29.6 Å². The Bertz CT molecular complexity index is 616. The minimum atomic E-state index is -0.298. The summed E-state index contributed by atoms with van der Waals surface area (Å²) in [6.45, 7) is 1.82. The highest BCUT2D eigenvalue weighted by Gasteiger charge is 2.23. The summed E-state index contributed by atoms with van der Waals surface area (Å²) in [5.74, 6) is -0.395. The maximum atomic E-state index is 12.2. The second kappa shape index (κ2) is 6.45. The largest absolute Gasteiger partial charge is 0.344 e. The number of carbonyl (C=O) groups is 2. The smallest absolute Gasteiger partial charge is 0.267 e. The lowest BCUT2D eigenvalue weighted by atomic mass is 10.1. The van der Waals surface area contributed by atoms with Crippen molar-refractivity contribution in [3.05, 3.63) is 33.8 Å². The Labute approximate surface area is 132 Å². The fourth-order valence-electron chi connectivity index (χ4n) is 2.04. The van der Waals surface area contributed by atoms with Gasteiger partial charge in [0.25, 0.3) is 5.91 Å². The van der Waals surface area contributed by atoms with Gasteiger partial charge in [-0.05, 0) is 24.6 Å². The number of carbonyl (C=O) groups excluding carboxylic acids is 2. The molecule has 1 aliphatic rings. The Balaban J connectivity index is 2.09. The van der Waals surface area contributed by atoms with Crippen LogP contribution in [0.2, 0.25) is 10.0 Å². The molecule has 1 aliphatic heterocycles. The van der Waals surface area contributed by atoms with Crippen LogP contribution in [0.4, 0.5) is 0 Å². The number of amides is 2. The SMILES string of the molecule is CC(NC(=O)C1=NN(C)C(=O)CC1)c1ccc(Cl)cc1Cl. The number of hydrogen-bond acceptors (Lipinski definition) is 3. The molecule has 5 nitrogen and oxygen atoms in total. The summed E-state index contributed by atoms with van der Waals surface area (Å²) in [4.78, 5) is 23.5. The molecular formula is C14H15Cl2N3O2. The Hall–Kier alpha value is -1.59. The molecule has 0 aliphatic carbocycles. The van der Waals surface area contributed by atoms with Gasteiger partial charge in [0, 0.05) is 29.9 Å². The molecule has 1 heterocycles. The summed E-state index contributed by atoms with van der Waals surface area (Å²) < 4.78 is 0. The van der Waals surface area contributed by atoms with Crippen molar-refractivity contribution in [2.45, 2.75) is 25.8 Å². The lowest BCUT2D eigenvalue weighted by Crippen LogP contribution is -2.38. The van der Waals surface area contributed by atoms with Gasteiger partial charge in [-0.2, -0.15) is 5.10 Å². The monoisotopic (exact) mass is 327 g/mol. The van der Waals surface area contributed by atoms with Gasteiger partial charge in [0.05, 0.1) is 6.04 Å². The number of hydrazone groups is 1. The Morgan fingerprint density at radius 1 is 1.38 bits per heavy atom. The van der Waals surface area contributed by atoms with E-state index in [1.165, 1.54) is 12.1 Å². The Morgan fingerprint density at radius 2 is 2.10 bits per heavy atom. The number of nitrogens with zero attached hydrogens (tertiary/aromatic N) is 2. The zero-order valence-corrected chi connectivity index (χ0v) is 13.2. The zero-order chi connectivity index (χ0) is 15.6. The molecule has 21 heavy (non-hydrogen) atoms. The number of hydrogen-bond donors (Lipinski definition) is 1. The van der Waals surface area contributed by atoms with Crippen molar-refractivity contribution in [3.8, 4) is 0 Å². The van der Waals surface area contributed by atoms with Crippen LogP contribution >= 0.6 is 23.2 Å². The van der Waals surface area contributed by atoms with E-state index in [2.05, 4.69) is 10.4 Å². The zero-order valence-electron chi connectivity index (χ0n) is 11.7.